The van der Waals surface area contributed by atoms with Crippen molar-refractivity contribution < 1.29 is 19.4 Å². The van der Waals surface area contributed by atoms with Crippen LogP contribution in [0.3, 0.4) is 0 Å². The lowest BCUT2D eigenvalue weighted by molar-refractivity contribution is -0.145. The third-order valence-electron chi connectivity index (χ3n) is 10.6. The van der Waals surface area contributed by atoms with Crippen molar-refractivity contribution in [1.82, 2.24) is 4.90 Å². The highest BCUT2D eigenvalue weighted by Crippen LogP contribution is 2.33. The molecule has 0 aromatic carbocycles. The number of esters is 1. The zero-order valence-corrected chi connectivity index (χ0v) is 30.6. The molecule has 0 saturated carbocycles. The third-order valence-corrected chi connectivity index (χ3v) is 10.6. The predicted octanol–water partition coefficient (Wildman–Crippen LogP) is 11.8. The van der Waals surface area contributed by atoms with E-state index in [1.54, 1.807) is 0 Å². The molecule has 266 valence electrons. The fraction of sp³-hybridized carbons (Fsp3) is 0.950. The van der Waals surface area contributed by atoms with Gasteiger partial charge in [-0.05, 0) is 70.4 Å². The molecule has 0 spiro atoms. The van der Waals surface area contributed by atoms with Crippen molar-refractivity contribution in [2.75, 3.05) is 20.2 Å². The van der Waals surface area contributed by atoms with E-state index in [0.717, 1.165) is 32.2 Å². The summed E-state index contributed by atoms with van der Waals surface area (Å²) in [7, 11) is 2.22. The number of carboxylic acids is 1. The monoisotopic (exact) mass is 636 g/mol. The van der Waals surface area contributed by atoms with Crippen LogP contribution in [-0.4, -0.2) is 48.2 Å². The Hall–Kier alpha value is -1.10. The van der Waals surface area contributed by atoms with E-state index in [1.165, 1.54) is 148 Å². The van der Waals surface area contributed by atoms with Gasteiger partial charge in [-0.1, -0.05) is 149 Å². The van der Waals surface area contributed by atoms with Gasteiger partial charge in [0.15, 0.2) is 0 Å². The molecule has 0 radical (unpaired) electrons. The van der Waals surface area contributed by atoms with E-state index in [1.807, 2.05) is 0 Å². The molecule has 0 aromatic rings. The Morgan fingerprint density at radius 3 is 1.69 bits per heavy atom. The van der Waals surface area contributed by atoms with Crippen LogP contribution in [0.5, 0.6) is 0 Å². The second kappa shape index (κ2) is 29.1. The fourth-order valence-electron chi connectivity index (χ4n) is 7.47. The number of unbranched alkanes of at least 4 members (excludes halogenated alkanes) is 17. The number of ether oxygens (including phenoxy) is 1. The van der Waals surface area contributed by atoms with Gasteiger partial charge in [-0.25, -0.2) is 0 Å². The number of likely N-dealkylation sites (tertiary alicyclic amines) is 1. The van der Waals surface area contributed by atoms with E-state index in [0.29, 0.717) is 30.9 Å². The van der Waals surface area contributed by atoms with E-state index >= 15 is 0 Å². The van der Waals surface area contributed by atoms with Crippen LogP contribution < -0.4 is 0 Å². The maximum Gasteiger partial charge on any atom is 0.306 e. The Labute approximate surface area is 280 Å². The molecule has 1 aliphatic heterocycles. The zero-order valence-electron chi connectivity index (χ0n) is 30.6. The van der Waals surface area contributed by atoms with Crippen LogP contribution in [0, 0.1) is 17.8 Å². The van der Waals surface area contributed by atoms with Crippen LogP contribution in [0.1, 0.15) is 201 Å². The molecular formula is C40H77NO4. The first-order chi connectivity index (χ1) is 21.9. The average Bonchev–Trinajstić information content (AvgIpc) is 3.03. The van der Waals surface area contributed by atoms with Gasteiger partial charge in [-0.15, -0.1) is 0 Å². The van der Waals surface area contributed by atoms with E-state index in [2.05, 4.69) is 32.7 Å². The summed E-state index contributed by atoms with van der Waals surface area (Å²) < 4.78 is 5.70. The Bertz CT molecular complexity index is 698. The minimum absolute atomic E-state index is 0.00869. The smallest absolute Gasteiger partial charge is 0.306 e. The maximum absolute atomic E-state index is 12.3. The molecule has 1 N–H and O–H groups in total. The normalized spacial score (nSPS) is 18.6. The number of piperidine rings is 1. The zero-order chi connectivity index (χ0) is 33.0. The average molecular weight is 636 g/mol. The molecule has 45 heavy (non-hydrogen) atoms. The molecule has 0 aromatic heterocycles. The van der Waals surface area contributed by atoms with Gasteiger partial charge in [0.25, 0.3) is 0 Å². The molecule has 0 aliphatic carbocycles. The maximum atomic E-state index is 12.3. The number of carbonyl (C=O) groups is 2. The number of carbonyl (C=O) groups excluding carboxylic acids is 1. The lowest BCUT2D eigenvalue weighted by atomic mass is 9.79. The van der Waals surface area contributed by atoms with Crippen LogP contribution in [0.4, 0.5) is 0 Å². The first-order valence-electron chi connectivity index (χ1n) is 20.0. The van der Waals surface area contributed by atoms with Crippen LogP contribution >= 0.6 is 0 Å². The Kier molecular flexibility index (Phi) is 27.1. The first-order valence-corrected chi connectivity index (χ1v) is 20.0. The van der Waals surface area contributed by atoms with Crippen LogP contribution in [0.2, 0.25) is 0 Å². The van der Waals surface area contributed by atoms with Crippen molar-refractivity contribution in [2.24, 2.45) is 17.8 Å². The summed E-state index contributed by atoms with van der Waals surface area (Å²) in [6.45, 7) is 8.32. The van der Waals surface area contributed by atoms with E-state index in [9.17, 15) is 14.7 Å². The fourth-order valence-corrected chi connectivity index (χ4v) is 7.47. The summed E-state index contributed by atoms with van der Waals surface area (Å²) in [5.74, 6) is 0.438. The van der Waals surface area contributed by atoms with Crippen LogP contribution in [-0.2, 0) is 14.3 Å². The van der Waals surface area contributed by atoms with Crippen molar-refractivity contribution in [1.29, 1.82) is 0 Å². The summed E-state index contributed by atoms with van der Waals surface area (Å²) >= 11 is 0. The molecule has 5 heteroatoms. The molecule has 1 aliphatic rings. The van der Waals surface area contributed by atoms with Crippen molar-refractivity contribution >= 4 is 11.9 Å². The summed E-state index contributed by atoms with van der Waals surface area (Å²) in [4.78, 5) is 26.6. The summed E-state index contributed by atoms with van der Waals surface area (Å²) in [5, 5.41) is 9.69. The van der Waals surface area contributed by atoms with Gasteiger partial charge >= 0.3 is 11.9 Å². The predicted molar refractivity (Wildman–Crippen MR) is 192 cm³/mol. The standard InChI is InChI=1S/C40H77NO4/c1-5-8-11-13-16-19-23-28-36(38-33-37(40(43)44)31-32-41(38)4)29-24-20-17-14-15-18-21-25-30-39(42)45-34-35(26-10-7-3)27-22-12-9-6-2/h35-38H,5-34H2,1-4H3,(H,43,44). The molecule has 4 unspecified atom stereocenters. The third kappa shape index (κ3) is 22.2. The van der Waals surface area contributed by atoms with E-state index in [4.69, 9.17) is 4.74 Å². The lowest BCUT2D eigenvalue weighted by Crippen LogP contribution is -2.46. The number of carboxylic acid groups (broad SMARTS) is 1. The summed E-state index contributed by atoms with van der Waals surface area (Å²) in [6, 6.07) is 0.430. The highest BCUT2D eigenvalue weighted by atomic mass is 16.5. The number of nitrogens with zero attached hydrogens (tertiary/aromatic N) is 1. The molecule has 0 amide bonds. The second-order valence-electron chi connectivity index (χ2n) is 14.7. The number of rotatable bonds is 31. The molecular weight excluding hydrogens is 558 g/mol. The molecule has 0 bridgehead atoms. The molecule has 5 nitrogen and oxygen atoms in total. The molecule has 1 fully saturated rings. The van der Waals surface area contributed by atoms with Crippen LogP contribution in [0.25, 0.3) is 0 Å². The Balaban J connectivity index is 2.23. The van der Waals surface area contributed by atoms with Crippen LogP contribution in [0.15, 0.2) is 0 Å². The minimum Gasteiger partial charge on any atom is -0.481 e. The minimum atomic E-state index is -0.594. The van der Waals surface area contributed by atoms with Gasteiger partial charge in [-0.3, -0.25) is 9.59 Å². The van der Waals surface area contributed by atoms with Gasteiger partial charge in [0.2, 0.25) is 0 Å². The molecule has 4 atom stereocenters. The molecule has 1 saturated heterocycles. The van der Waals surface area contributed by atoms with Crippen molar-refractivity contribution in [3.05, 3.63) is 0 Å². The quantitative estimate of drug-likeness (QED) is 0.0606. The Morgan fingerprint density at radius 1 is 0.667 bits per heavy atom. The molecule has 1 heterocycles. The summed E-state index contributed by atoms with van der Waals surface area (Å²) in [6.07, 6.45) is 33.8. The topological polar surface area (TPSA) is 66.8 Å². The van der Waals surface area contributed by atoms with Crippen molar-refractivity contribution in [3.8, 4) is 0 Å². The highest BCUT2D eigenvalue weighted by Gasteiger charge is 2.34. The lowest BCUT2D eigenvalue weighted by Gasteiger charge is -2.40. The van der Waals surface area contributed by atoms with E-state index in [-0.39, 0.29) is 11.9 Å². The van der Waals surface area contributed by atoms with Crippen molar-refractivity contribution in [3.63, 3.8) is 0 Å². The van der Waals surface area contributed by atoms with Gasteiger partial charge < -0.3 is 14.7 Å². The SMILES string of the molecule is CCCCCCCCCC(CCCCCCCCCCC(=O)OCC(CCCC)CCCCCC)C1CC(C(=O)O)CCN1C. The van der Waals surface area contributed by atoms with Gasteiger partial charge in [0.05, 0.1) is 12.5 Å². The van der Waals surface area contributed by atoms with Crippen molar-refractivity contribution in [2.45, 2.75) is 207 Å². The second-order valence-corrected chi connectivity index (χ2v) is 14.7. The Morgan fingerprint density at radius 2 is 1.13 bits per heavy atom. The van der Waals surface area contributed by atoms with Gasteiger partial charge in [0.1, 0.15) is 0 Å². The molecule has 1 rings (SSSR count). The summed E-state index contributed by atoms with van der Waals surface area (Å²) in [5.41, 5.74) is 0. The first kappa shape index (κ1) is 41.9. The largest absolute Gasteiger partial charge is 0.481 e. The highest BCUT2D eigenvalue weighted by molar-refractivity contribution is 5.70. The van der Waals surface area contributed by atoms with Gasteiger partial charge in [0, 0.05) is 12.5 Å². The van der Waals surface area contributed by atoms with E-state index < -0.39 is 5.97 Å². The van der Waals surface area contributed by atoms with Gasteiger partial charge in [-0.2, -0.15) is 0 Å². The number of hydrogen-bond acceptors (Lipinski definition) is 4. The number of hydrogen-bond donors (Lipinski definition) is 1. The number of aliphatic carboxylic acids is 1.